The van der Waals surface area contributed by atoms with Crippen molar-refractivity contribution >= 4 is 28.4 Å². The lowest BCUT2D eigenvalue weighted by Gasteiger charge is -2.34. The Hall–Kier alpha value is -2.48. The van der Waals surface area contributed by atoms with Gasteiger partial charge in [0.25, 0.3) is 0 Å². The molecule has 2 rings (SSSR count). The Balaban J connectivity index is 2.56. The van der Waals surface area contributed by atoms with Crippen LogP contribution >= 0.6 is 11.3 Å². The number of nitriles is 1. The van der Waals surface area contributed by atoms with E-state index in [0.717, 1.165) is 22.6 Å². The van der Waals surface area contributed by atoms with E-state index in [0.29, 0.717) is 24.3 Å². The number of nitrogens with zero attached hydrogens (tertiary/aromatic N) is 1. The first kappa shape index (κ1) is 22.8. The quantitative estimate of drug-likeness (QED) is 0.524. The smallest absolute Gasteiger partial charge is 0.442 e. The molecule has 0 fully saturated rings. The van der Waals surface area contributed by atoms with Gasteiger partial charge in [0.2, 0.25) is 0 Å². The summed E-state index contributed by atoms with van der Waals surface area (Å²) in [6.07, 6.45) is -4.74. The van der Waals surface area contributed by atoms with E-state index in [1.807, 2.05) is 13.0 Å². The maximum absolute atomic E-state index is 14.1. The lowest BCUT2D eigenvalue weighted by atomic mass is 9.88. The number of amides is 1. The fraction of sp³-hybridized carbons (Fsp3) is 0.611. The van der Waals surface area contributed by atoms with Crippen LogP contribution in [0.25, 0.3) is 0 Å². The molecule has 0 spiro atoms. The number of nitrogens with one attached hydrogen (secondary N) is 2. The summed E-state index contributed by atoms with van der Waals surface area (Å²) in [5, 5.41) is 13.1. The van der Waals surface area contributed by atoms with Gasteiger partial charge >= 0.3 is 23.9 Å². The molecule has 2 atom stereocenters. The van der Waals surface area contributed by atoms with E-state index in [4.69, 9.17) is 0 Å². The predicted octanol–water partition coefficient (Wildman–Crippen LogP) is 3.72. The average Bonchev–Trinajstić information content (AvgIpc) is 2.96. The van der Waals surface area contributed by atoms with Crippen LogP contribution in [0.4, 0.5) is 23.0 Å². The summed E-state index contributed by atoms with van der Waals surface area (Å²) >= 11 is 0.976. The van der Waals surface area contributed by atoms with Crippen LogP contribution in [0.2, 0.25) is 0 Å². The zero-order valence-electron chi connectivity index (χ0n) is 16.2. The van der Waals surface area contributed by atoms with E-state index in [9.17, 15) is 28.0 Å². The van der Waals surface area contributed by atoms with E-state index in [-0.39, 0.29) is 23.8 Å². The molecule has 2 N–H and O–H groups in total. The van der Waals surface area contributed by atoms with Gasteiger partial charge in [-0.2, -0.15) is 18.4 Å². The zero-order chi connectivity index (χ0) is 21.8. The molecule has 0 saturated heterocycles. The van der Waals surface area contributed by atoms with Crippen LogP contribution in [0, 0.1) is 17.2 Å². The first-order chi connectivity index (χ1) is 13.6. The van der Waals surface area contributed by atoms with Crippen LogP contribution in [0.5, 0.6) is 0 Å². The minimum atomic E-state index is -5.28. The summed E-state index contributed by atoms with van der Waals surface area (Å²) in [7, 11) is 0. The molecule has 1 aromatic heterocycles. The molecule has 0 unspecified atom stereocenters. The highest BCUT2D eigenvalue weighted by atomic mass is 32.1. The Kier molecular flexibility index (Phi) is 7.00. The number of hydrogen-bond donors (Lipinski definition) is 2. The van der Waals surface area contributed by atoms with E-state index in [2.05, 4.69) is 14.8 Å². The number of anilines is 1. The van der Waals surface area contributed by atoms with Crippen LogP contribution in [0.1, 0.15) is 43.2 Å². The Morgan fingerprint density at radius 2 is 1.93 bits per heavy atom. The number of esters is 1. The maximum atomic E-state index is 14.1. The van der Waals surface area contributed by atoms with Gasteiger partial charge in [0.1, 0.15) is 11.1 Å². The first-order valence-electron chi connectivity index (χ1n) is 9.11. The van der Waals surface area contributed by atoms with E-state index < -0.39 is 23.9 Å². The predicted molar refractivity (Wildman–Crippen MR) is 99.4 cm³/mol. The molecule has 1 aromatic rings. The number of fused-ring (bicyclic) bond motifs is 1. The Morgan fingerprint density at radius 1 is 1.28 bits per heavy atom. The van der Waals surface area contributed by atoms with Crippen molar-refractivity contribution in [2.45, 2.75) is 51.9 Å². The van der Waals surface area contributed by atoms with E-state index >= 15 is 0 Å². The number of carbonyl (C=O) groups excluding carboxylic acids is 2. The van der Waals surface area contributed by atoms with Gasteiger partial charge in [-0.1, -0.05) is 6.92 Å². The number of halogens is 3. The van der Waals surface area contributed by atoms with Crippen molar-refractivity contribution in [1.82, 2.24) is 5.32 Å². The minimum Gasteiger partial charge on any atom is -0.463 e. The molecule has 7 nitrogen and oxygen atoms in total. The molecule has 29 heavy (non-hydrogen) atoms. The number of hydrogen-bond acceptors (Lipinski definition) is 7. The molecule has 1 heterocycles. The number of alkyl carbamates (subject to hydrolysis) is 1. The Morgan fingerprint density at radius 3 is 2.48 bits per heavy atom. The van der Waals surface area contributed by atoms with Crippen LogP contribution in [-0.4, -0.2) is 37.1 Å². The summed E-state index contributed by atoms with van der Waals surface area (Å²) in [6.45, 7) is 4.23. The molecule has 11 heteroatoms. The number of ether oxygens (including phenoxy) is 2. The summed E-state index contributed by atoms with van der Waals surface area (Å²) in [5.41, 5.74) is -2.88. The van der Waals surface area contributed by atoms with Crippen LogP contribution in [0.15, 0.2) is 0 Å². The fourth-order valence-electron chi connectivity index (χ4n) is 3.08. The third-order valence-electron chi connectivity index (χ3n) is 4.50. The van der Waals surface area contributed by atoms with Crippen molar-refractivity contribution in [3.8, 4) is 6.07 Å². The van der Waals surface area contributed by atoms with E-state index in [1.54, 1.807) is 5.32 Å². The largest absolute Gasteiger partial charge is 0.463 e. The number of carbonyl (C=O) groups is 2. The second kappa shape index (κ2) is 8.90. The van der Waals surface area contributed by atoms with Crippen LogP contribution in [0.3, 0.4) is 0 Å². The minimum absolute atomic E-state index is 0.0421. The second-order valence-electron chi connectivity index (χ2n) is 6.61. The molecular formula is C18H22F3N3O4S. The number of thiophene rings is 1. The van der Waals surface area contributed by atoms with Gasteiger partial charge in [0, 0.05) is 4.88 Å². The van der Waals surface area contributed by atoms with E-state index in [1.165, 1.54) is 13.8 Å². The second-order valence-corrected chi connectivity index (χ2v) is 7.71. The highest BCUT2D eigenvalue weighted by Gasteiger charge is 2.64. The molecular weight excluding hydrogens is 411 g/mol. The lowest BCUT2D eigenvalue weighted by molar-refractivity contribution is -0.205. The molecule has 160 valence electrons. The lowest BCUT2D eigenvalue weighted by Crippen LogP contribution is -2.69. The van der Waals surface area contributed by atoms with Gasteiger partial charge in [-0.3, -0.25) is 5.32 Å². The van der Waals surface area contributed by atoms with Gasteiger partial charge in [0.15, 0.2) is 0 Å². The molecule has 0 saturated carbocycles. The normalized spacial score (nSPS) is 18.0. The SMILES string of the molecule is CCOC(=O)N[C@@](Nc1sc2c(c1C#N)CC[C@H](C)C2)(C(=O)OCC)C(F)(F)F. The third kappa shape index (κ3) is 4.58. The maximum Gasteiger partial charge on any atom is 0.442 e. The molecule has 0 aliphatic heterocycles. The Bertz CT molecular complexity index is 818. The standard InChI is InChI=1S/C18H22F3N3O4S/c1-4-27-15(25)17(18(19,20)21,24-16(26)28-5-2)23-14-12(9-22)11-7-6-10(3)8-13(11)29-14/h10,23H,4-8H2,1-3H3,(H,24,26)/t10-,17-/m0/s1. The van der Waals surface area contributed by atoms with Crippen LogP contribution in [-0.2, 0) is 27.1 Å². The summed E-state index contributed by atoms with van der Waals surface area (Å²) < 4.78 is 51.5. The number of rotatable bonds is 6. The van der Waals surface area contributed by atoms with Gasteiger partial charge < -0.3 is 14.8 Å². The van der Waals surface area contributed by atoms with Crippen molar-refractivity contribution in [3.05, 3.63) is 16.0 Å². The van der Waals surface area contributed by atoms with Crippen LogP contribution < -0.4 is 10.6 Å². The van der Waals surface area contributed by atoms with Gasteiger partial charge in [-0.05, 0) is 44.6 Å². The van der Waals surface area contributed by atoms with Gasteiger partial charge in [-0.25, -0.2) is 9.59 Å². The van der Waals surface area contributed by atoms with Crippen molar-refractivity contribution < 1.29 is 32.2 Å². The molecule has 0 aromatic carbocycles. The molecule has 1 aliphatic carbocycles. The number of alkyl halides is 3. The fourth-order valence-corrected chi connectivity index (χ4v) is 4.49. The highest BCUT2D eigenvalue weighted by Crippen LogP contribution is 2.42. The molecule has 0 radical (unpaired) electrons. The van der Waals surface area contributed by atoms with Crippen molar-refractivity contribution in [3.63, 3.8) is 0 Å². The van der Waals surface area contributed by atoms with Gasteiger partial charge in [-0.15, -0.1) is 11.3 Å². The summed E-state index contributed by atoms with van der Waals surface area (Å²) in [6, 6.07) is 1.93. The van der Waals surface area contributed by atoms with Crippen molar-refractivity contribution in [2.75, 3.05) is 18.5 Å². The molecule has 0 bridgehead atoms. The molecule has 1 amide bonds. The van der Waals surface area contributed by atoms with Crippen molar-refractivity contribution in [1.29, 1.82) is 5.26 Å². The first-order valence-corrected chi connectivity index (χ1v) is 9.92. The highest BCUT2D eigenvalue weighted by molar-refractivity contribution is 7.16. The summed E-state index contributed by atoms with van der Waals surface area (Å²) in [4.78, 5) is 25.0. The van der Waals surface area contributed by atoms with Crippen molar-refractivity contribution in [2.24, 2.45) is 5.92 Å². The topological polar surface area (TPSA) is 100 Å². The zero-order valence-corrected chi connectivity index (χ0v) is 17.1. The molecule has 1 aliphatic rings. The Labute approximate surface area is 170 Å². The third-order valence-corrected chi connectivity index (χ3v) is 5.67. The average molecular weight is 433 g/mol. The van der Waals surface area contributed by atoms with Gasteiger partial charge in [0.05, 0.1) is 18.8 Å². The summed E-state index contributed by atoms with van der Waals surface area (Å²) in [5.74, 6) is -1.42. The monoisotopic (exact) mass is 433 g/mol.